The summed E-state index contributed by atoms with van der Waals surface area (Å²) in [5, 5.41) is 2.10. The van der Waals surface area contributed by atoms with Crippen molar-refractivity contribution in [3.8, 4) is 10.4 Å². The highest BCUT2D eigenvalue weighted by Crippen LogP contribution is 2.37. The van der Waals surface area contributed by atoms with Crippen LogP contribution in [0.4, 0.5) is 0 Å². The van der Waals surface area contributed by atoms with Gasteiger partial charge in [0.05, 0.1) is 0 Å². The molecule has 4 nitrogen and oxygen atoms in total. The van der Waals surface area contributed by atoms with Crippen molar-refractivity contribution in [2.24, 2.45) is 0 Å². The Labute approximate surface area is 178 Å². The summed E-state index contributed by atoms with van der Waals surface area (Å²) < 4.78 is 0. The van der Waals surface area contributed by atoms with E-state index in [9.17, 15) is 4.79 Å². The van der Waals surface area contributed by atoms with Gasteiger partial charge in [-0.25, -0.2) is 9.97 Å². The molecule has 4 aromatic rings. The summed E-state index contributed by atoms with van der Waals surface area (Å²) in [6.07, 6.45) is 0. The fourth-order valence-electron chi connectivity index (χ4n) is 3.00. The lowest BCUT2D eigenvalue weighted by Crippen LogP contribution is -2.21. The van der Waals surface area contributed by atoms with Crippen LogP contribution in [-0.4, -0.2) is 34.9 Å². The van der Waals surface area contributed by atoms with Crippen LogP contribution in [-0.2, 0) is 5.75 Å². The van der Waals surface area contributed by atoms with E-state index < -0.39 is 0 Å². The summed E-state index contributed by atoms with van der Waals surface area (Å²) in [4.78, 5) is 25.2. The van der Waals surface area contributed by atoms with E-state index in [-0.39, 0.29) is 5.91 Å². The molecule has 2 aromatic heterocycles. The van der Waals surface area contributed by atoms with E-state index >= 15 is 0 Å². The Morgan fingerprint density at radius 3 is 2.45 bits per heavy atom. The molecule has 0 saturated carbocycles. The zero-order chi connectivity index (χ0) is 20.4. The monoisotopic (exact) mass is 419 g/mol. The average Bonchev–Trinajstić information content (AvgIpc) is 3.16. The highest BCUT2D eigenvalue weighted by molar-refractivity contribution is 7.98. The molecule has 0 atom stereocenters. The first-order valence-corrected chi connectivity index (χ1v) is 11.1. The zero-order valence-corrected chi connectivity index (χ0v) is 18.2. The largest absolute Gasteiger partial charge is 0.345 e. The molecule has 1 amide bonds. The number of thiophene rings is 1. The molecule has 2 heterocycles. The molecule has 0 saturated heterocycles. The van der Waals surface area contributed by atoms with E-state index in [1.807, 2.05) is 37.3 Å². The van der Waals surface area contributed by atoms with Crippen molar-refractivity contribution in [3.05, 3.63) is 77.6 Å². The Balaban J connectivity index is 1.58. The predicted octanol–water partition coefficient (Wildman–Crippen LogP) is 5.66. The molecule has 29 heavy (non-hydrogen) atoms. The lowest BCUT2D eigenvalue weighted by atomic mass is 10.1. The Bertz CT molecular complexity index is 1150. The maximum absolute atomic E-state index is 12.0. The van der Waals surface area contributed by atoms with Gasteiger partial charge in [-0.05, 0) is 36.2 Å². The van der Waals surface area contributed by atoms with E-state index in [0.717, 1.165) is 32.4 Å². The van der Waals surface area contributed by atoms with Gasteiger partial charge < -0.3 is 4.90 Å². The summed E-state index contributed by atoms with van der Waals surface area (Å²) in [6, 6.07) is 20.4. The number of carbonyl (C=O) groups is 1. The lowest BCUT2D eigenvalue weighted by Gasteiger charge is -2.10. The molecule has 6 heteroatoms. The Kier molecular flexibility index (Phi) is 5.65. The second-order valence-electron chi connectivity index (χ2n) is 6.96. The molecular formula is C23H21N3OS2. The number of carbonyl (C=O) groups excluding carboxylic acids is 1. The summed E-state index contributed by atoms with van der Waals surface area (Å²) in [5.74, 6) is 1.59. The summed E-state index contributed by atoms with van der Waals surface area (Å²) in [6.45, 7) is 1.94. The standard InChI is InChI=1S/C23H21N3OS2/c1-15-24-21(28-14-16-9-11-18(12-10-16)23(27)26(2)3)19-13-20(29-22(19)25-15)17-7-5-4-6-8-17/h4-13H,14H2,1-3H3. The third kappa shape index (κ3) is 4.33. The first-order chi connectivity index (χ1) is 14.0. The zero-order valence-electron chi connectivity index (χ0n) is 16.5. The van der Waals surface area contributed by atoms with Gasteiger partial charge in [0.2, 0.25) is 0 Å². The molecule has 0 unspecified atom stereocenters. The number of fused-ring (bicyclic) bond motifs is 1. The second-order valence-corrected chi connectivity index (χ2v) is 8.95. The molecule has 146 valence electrons. The van der Waals surface area contributed by atoms with E-state index in [1.165, 1.54) is 10.4 Å². The Morgan fingerprint density at radius 1 is 1.03 bits per heavy atom. The molecule has 0 aliphatic carbocycles. The van der Waals surface area contributed by atoms with Gasteiger partial charge in [0, 0.05) is 35.7 Å². The van der Waals surface area contributed by atoms with Crippen LogP contribution in [0.5, 0.6) is 0 Å². The number of hydrogen-bond acceptors (Lipinski definition) is 5. The number of aromatic nitrogens is 2. The molecular weight excluding hydrogens is 398 g/mol. The fourth-order valence-corrected chi connectivity index (χ4v) is 5.16. The van der Waals surface area contributed by atoms with Crippen LogP contribution in [0.25, 0.3) is 20.7 Å². The quantitative estimate of drug-likeness (QED) is 0.309. The predicted molar refractivity (Wildman–Crippen MR) is 122 cm³/mol. The van der Waals surface area contributed by atoms with E-state index in [1.54, 1.807) is 42.1 Å². The van der Waals surface area contributed by atoms with Crippen molar-refractivity contribution in [2.75, 3.05) is 14.1 Å². The highest BCUT2D eigenvalue weighted by Gasteiger charge is 2.13. The van der Waals surface area contributed by atoms with Gasteiger partial charge in [-0.15, -0.1) is 23.1 Å². The topological polar surface area (TPSA) is 46.1 Å². The third-order valence-corrected chi connectivity index (χ3v) is 6.65. The first-order valence-electron chi connectivity index (χ1n) is 9.28. The van der Waals surface area contributed by atoms with Crippen molar-refractivity contribution in [3.63, 3.8) is 0 Å². The Hall–Kier alpha value is -2.70. The number of rotatable bonds is 5. The molecule has 0 spiro atoms. The van der Waals surface area contributed by atoms with E-state index in [2.05, 4.69) is 35.3 Å². The molecule has 4 rings (SSSR count). The first kappa shape index (κ1) is 19.6. The van der Waals surface area contributed by atoms with Gasteiger partial charge in [0.25, 0.3) is 5.91 Å². The highest BCUT2D eigenvalue weighted by atomic mass is 32.2. The summed E-state index contributed by atoms with van der Waals surface area (Å²) in [5.41, 5.74) is 3.06. The van der Waals surface area contributed by atoms with Crippen molar-refractivity contribution < 1.29 is 4.79 Å². The number of thioether (sulfide) groups is 1. The van der Waals surface area contributed by atoms with Crippen molar-refractivity contribution >= 4 is 39.2 Å². The fraction of sp³-hybridized carbons (Fsp3) is 0.174. The normalized spacial score (nSPS) is 11.0. The second kappa shape index (κ2) is 8.35. The molecule has 2 aromatic carbocycles. The number of aryl methyl sites for hydroxylation is 1. The maximum atomic E-state index is 12.0. The van der Waals surface area contributed by atoms with Gasteiger partial charge >= 0.3 is 0 Å². The van der Waals surface area contributed by atoms with Gasteiger partial charge in [0.15, 0.2) is 0 Å². The number of hydrogen-bond donors (Lipinski definition) is 0. The van der Waals surface area contributed by atoms with Crippen LogP contribution >= 0.6 is 23.1 Å². The Morgan fingerprint density at radius 2 is 1.76 bits per heavy atom. The van der Waals surface area contributed by atoms with Crippen LogP contribution in [0, 0.1) is 6.92 Å². The SMILES string of the molecule is Cc1nc(SCc2ccc(C(=O)N(C)C)cc2)c2cc(-c3ccccc3)sc2n1. The van der Waals surface area contributed by atoms with Crippen LogP contribution in [0.2, 0.25) is 0 Å². The van der Waals surface area contributed by atoms with E-state index in [0.29, 0.717) is 5.56 Å². The molecule has 0 bridgehead atoms. The van der Waals surface area contributed by atoms with Crippen molar-refractivity contribution in [1.29, 1.82) is 0 Å². The van der Waals surface area contributed by atoms with Gasteiger partial charge in [0.1, 0.15) is 15.7 Å². The van der Waals surface area contributed by atoms with Crippen LogP contribution in [0.15, 0.2) is 65.7 Å². The van der Waals surface area contributed by atoms with Crippen LogP contribution in [0.3, 0.4) is 0 Å². The van der Waals surface area contributed by atoms with Crippen molar-refractivity contribution in [1.82, 2.24) is 14.9 Å². The molecule has 0 aliphatic rings. The van der Waals surface area contributed by atoms with Gasteiger partial charge in [-0.1, -0.05) is 42.5 Å². The summed E-state index contributed by atoms with van der Waals surface area (Å²) >= 11 is 3.41. The van der Waals surface area contributed by atoms with Gasteiger partial charge in [-0.2, -0.15) is 0 Å². The molecule has 0 aliphatic heterocycles. The smallest absolute Gasteiger partial charge is 0.253 e. The minimum atomic E-state index is 0.0176. The van der Waals surface area contributed by atoms with Crippen LogP contribution < -0.4 is 0 Å². The minimum Gasteiger partial charge on any atom is -0.345 e. The number of nitrogens with zero attached hydrogens (tertiary/aromatic N) is 3. The average molecular weight is 420 g/mol. The maximum Gasteiger partial charge on any atom is 0.253 e. The molecule has 0 N–H and O–H groups in total. The number of benzene rings is 2. The summed E-state index contributed by atoms with van der Waals surface area (Å²) in [7, 11) is 3.53. The lowest BCUT2D eigenvalue weighted by molar-refractivity contribution is 0.0827. The van der Waals surface area contributed by atoms with Gasteiger partial charge in [-0.3, -0.25) is 4.79 Å². The third-order valence-electron chi connectivity index (χ3n) is 4.51. The molecule has 0 radical (unpaired) electrons. The van der Waals surface area contributed by atoms with Crippen LogP contribution in [0.1, 0.15) is 21.7 Å². The van der Waals surface area contributed by atoms with Crippen molar-refractivity contribution in [2.45, 2.75) is 17.7 Å². The molecule has 0 fully saturated rings. The van der Waals surface area contributed by atoms with E-state index in [4.69, 9.17) is 4.98 Å². The number of amides is 1. The minimum absolute atomic E-state index is 0.0176.